The van der Waals surface area contributed by atoms with Crippen LogP contribution in [0.4, 0.5) is 5.69 Å². The molecule has 1 aliphatic heterocycles. The summed E-state index contributed by atoms with van der Waals surface area (Å²) in [5.74, 6) is -0.448. The highest BCUT2D eigenvalue weighted by Gasteiger charge is 2.33. The number of benzene rings is 2. The number of hydrogen-bond donors (Lipinski definition) is 0. The zero-order valence-electron chi connectivity index (χ0n) is 19.9. The van der Waals surface area contributed by atoms with Crippen molar-refractivity contribution >= 4 is 40.8 Å². The molecule has 1 atom stereocenters. The van der Waals surface area contributed by atoms with Gasteiger partial charge >= 0.3 is 5.97 Å². The molecular formula is C26H27N3O3S2. The Hall–Kier alpha value is -3.10. The Bertz CT molecular complexity index is 1420. The SMILES string of the molecule is CCOC(=O)C1=C(C)N=c2s/c(=C\c3ccc(N(C)C)cc3)c(=O)n2C1c1ccc(SC)cc1. The number of anilines is 1. The zero-order valence-corrected chi connectivity index (χ0v) is 21.5. The van der Waals surface area contributed by atoms with Crippen molar-refractivity contribution in [2.45, 2.75) is 24.8 Å². The van der Waals surface area contributed by atoms with Crippen molar-refractivity contribution < 1.29 is 9.53 Å². The van der Waals surface area contributed by atoms with Crippen LogP contribution in [0.3, 0.4) is 0 Å². The van der Waals surface area contributed by atoms with E-state index in [4.69, 9.17) is 4.74 Å². The van der Waals surface area contributed by atoms with Crippen LogP contribution in [-0.4, -0.2) is 37.5 Å². The minimum absolute atomic E-state index is 0.173. The molecule has 1 aromatic heterocycles. The first kappa shape index (κ1) is 24.0. The molecule has 34 heavy (non-hydrogen) atoms. The summed E-state index contributed by atoms with van der Waals surface area (Å²) in [6.45, 7) is 3.82. The average molecular weight is 494 g/mol. The van der Waals surface area contributed by atoms with Gasteiger partial charge in [-0.3, -0.25) is 9.36 Å². The lowest BCUT2D eigenvalue weighted by Crippen LogP contribution is -2.39. The number of thioether (sulfide) groups is 1. The van der Waals surface area contributed by atoms with E-state index in [9.17, 15) is 9.59 Å². The van der Waals surface area contributed by atoms with Gasteiger partial charge in [0.1, 0.15) is 0 Å². The zero-order chi connectivity index (χ0) is 24.4. The highest BCUT2D eigenvalue weighted by Crippen LogP contribution is 2.31. The molecule has 2 heterocycles. The van der Waals surface area contributed by atoms with E-state index in [-0.39, 0.29) is 12.2 Å². The number of carbonyl (C=O) groups excluding carboxylic acids is 1. The van der Waals surface area contributed by atoms with Gasteiger partial charge in [0, 0.05) is 24.7 Å². The third kappa shape index (κ3) is 4.60. The molecule has 0 radical (unpaired) electrons. The smallest absolute Gasteiger partial charge is 0.338 e. The van der Waals surface area contributed by atoms with Gasteiger partial charge in [-0.05, 0) is 61.6 Å². The normalized spacial score (nSPS) is 15.7. The van der Waals surface area contributed by atoms with Crippen LogP contribution in [0.15, 0.2) is 74.5 Å². The molecule has 6 nitrogen and oxygen atoms in total. The summed E-state index contributed by atoms with van der Waals surface area (Å²) in [6, 6.07) is 15.3. The number of rotatable bonds is 6. The summed E-state index contributed by atoms with van der Waals surface area (Å²) in [4.78, 5) is 34.9. The Kier molecular flexibility index (Phi) is 7.09. The topological polar surface area (TPSA) is 63.9 Å². The summed E-state index contributed by atoms with van der Waals surface area (Å²) in [7, 11) is 3.98. The first-order chi connectivity index (χ1) is 16.3. The molecule has 2 aromatic carbocycles. The van der Waals surface area contributed by atoms with E-state index < -0.39 is 12.0 Å². The van der Waals surface area contributed by atoms with Crippen molar-refractivity contribution in [3.8, 4) is 0 Å². The van der Waals surface area contributed by atoms with E-state index in [0.29, 0.717) is 20.6 Å². The fourth-order valence-corrected chi connectivity index (χ4v) is 5.37. The molecule has 0 spiro atoms. The molecule has 0 saturated heterocycles. The number of carbonyl (C=O) groups is 1. The van der Waals surface area contributed by atoms with Crippen molar-refractivity contribution in [1.29, 1.82) is 0 Å². The molecule has 4 rings (SSSR count). The van der Waals surface area contributed by atoms with Gasteiger partial charge in [0.05, 0.1) is 28.5 Å². The third-order valence-electron chi connectivity index (χ3n) is 5.66. The molecule has 3 aromatic rings. The molecule has 0 N–H and O–H groups in total. The molecule has 0 aliphatic carbocycles. The van der Waals surface area contributed by atoms with Crippen LogP contribution in [0.25, 0.3) is 6.08 Å². The van der Waals surface area contributed by atoms with E-state index in [1.165, 1.54) is 11.3 Å². The largest absolute Gasteiger partial charge is 0.463 e. The minimum atomic E-state index is -0.593. The second-order valence-corrected chi connectivity index (χ2v) is 9.95. The van der Waals surface area contributed by atoms with Crippen LogP contribution in [0.5, 0.6) is 0 Å². The molecule has 1 aliphatic rings. The number of nitrogens with zero attached hydrogens (tertiary/aromatic N) is 3. The van der Waals surface area contributed by atoms with E-state index in [1.54, 1.807) is 30.2 Å². The van der Waals surface area contributed by atoms with Crippen LogP contribution in [0, 0.1) is 0 Å². The molecule has 0 amide bonds. The molecule has 8 heteroatoms. The first-order valence-electron chi connectivity index (χ1n) is 10.9. The third-order valence-corrected chi connectivity index (χ3v) is 7.38. The quantitative estimate of drug-likeness (QED) is 0.388. The van der Waals surface area contributed by atoms with E-state index >= 15 is 0 Å². The second kappa shape index (κ2) is 10.0. The first-order valence-corrected chi connectivity index (χ1v) is 13.0. The molecule has 0 fully saturated rings. The summed E-state index contributed by atoms with van der Waals surface area (Å²) < 4.78 is 7.54. The predicted molar refractivity (Wildman–Crippen MR) is 139 cm³/mol. The van der Waals surface area contributed by atoms with Crippen molar-refractivity contribution in [3.05, 3.63) is 90.6 Å². The monoisotopic (exact) mass is 493 g/mol. The number of aromatic nitrogens is 1. The highest BCUT2D eigenvalue weighted by molar-refractivity contribution is 7.98. The summed E-state index contributed by atoms with van der Waals surface area (Å²) in [6.07, 6.45) is 3.89. The molecular weight excluding hydrogens is 466 g/mol. The van der Waals surface area contributed by atoms with E-state index in [0.717, 1.165) is 21.7 Å². The van der Waals surface area contributed by atoms with Crippen molar-refractivity contribution in [1.82, 2.24) is 4.57 Å². The fraction of sp³-hybridized carbons (Fsp3) is 0.269. The Morgan fingerprint density at radius 1 is 1.18 bits per heavy atom. The number of hydrogen-bond acceptors (Lipinski definition) is 7. The summed E-state index contributed by atoms with van der Waals surface area (Å²) in [5.41, 5.74) is 3.65. The van der Waals surface area contributed by atoms with Crippen molar-refractivity contribution in [2.75, 3.05) is 31.9 Å². The number of ether oxygens (including phenoxy) is 1. The van der Waals surface area contributed by atoms with Crippen molar-refractivity contribution in [3.63, 3.8) is 0 Å². The van der Waals surface area contributed by atoms with Gasteiger partial charge in [0.25, 0.3) is 5.56 Å². The Balaban J connectivity index is 1.89. The lowest BCUT2D eigenvalue weighted by molar-refractivity contribution is -0.139. The Morgan fingerprint density at radius 2 is 1.85 bits per heavy atom. The number of allylic oxidation sites excluding steroid dienone is 1. The second-order valence-electron chi connectivity index (χ2n) is 8.06. The number of esters is 1. The van der Waals surface area contributed by atoms with E-state index in [2.05, 4.69) is 4.99 Å². The standard InChI is InChI=1S/C26H27N3O3S2/c1-6-32-25(31)22-16(2)27-26-29(23(22)18-9-13-20(33-5)14-10-18)24(30)21(34-26)15-17-7-11-19(12-8-17)28(3)4/h7-15,23H,6H2,1-5H3/b21-15-. The Labute approximate surface area is 206 Å². The van der Waals surface area contributed by atoms with Gasteiger partial charge in [-0.1, -0.05) is 35.6 Å². The van der Waals surface area contributed by atoms with Gasteiger partial charge in [-0.25, -0.2) is 9.79 Å². The summed E-state index contributed by atoms with van der Waals surface area (Å²) >= 11 is 2.97. The van der Waals surface area contributed by atoms with Crippen LogP contribution in [0.2, 0.25) is 0 Å². The van der Waals surface area contributed by atoms with Crippen LogP contribution in [-0.2, 0) is 9.53 Å². The molecule has 1 unspecified atom stereocenters. The van der Waals surface area contributed by atoms with Gasteiger partial charge < -0.3 is 9.64 Å². The van der Waals surface area contributed by atoms with Gasteiger partial charge in [-0.15, -0.1) is 11.8 Å². The van der Waals surface area contributed by atoms with Crippen LogP contribution < -0.4 is 19.8 Å². The highest BCUT2D eigenvalue weighted by atomic mass is 32.2. The average Bonchev–Trinajstić information content (AvgIpc) is 3.13. The van der Waals surface area contributed by atoms with Gasteiger partial charge in [0.15, 0.2) is 4.80 Å². The maximum Gasteiger partial charge on any atom is 0.338 e. The Morgan fingerprint density at radius 3 is 2.44 bits per heavy atom. The molecule has 0 bridgehead atoms. The fourth-order valence-electron chi connectivity index (χ4n) is 3.91. The van der Waals surface area contributed by atoms with Crippen LogP contribution >= 0.6 is 23.1 Å². The molecule has 0 saturated carbocycles. The maximum absolute atomic E-state index is 13.6. The van der Waals surface area contributed by atoms with E-state index in [1.807, 2.05) is 79.9 Å². The van der Waals surface area contributed by atoms with Crippen molar-refractivity contribution in [2.24, 2.45) is 4.99 Å². The van der Waals surface area contributed by atoms with Gasteiger partial charge in [0.2, 0.25) is 0 Å². The summed E-state index contributed by atoms with van der Waals surface area (Å²) in [5, 5.41) is 0. The molecule has 176 valence electrons. The lowest BCUT2D eigenvalue weighted by atomic mass is 9.96. The van der Waals surface area contributed by atoms with Gasteiger partial charge in [-0.2, -0.15) is 0 Å². The maximum atomic E-state index is 13.6. The lowest BCUT2D eigenvalue weighted by Gasteiger charge is -2.24. The van der Waals surface area contributed by atoms with Crippen LogP contribution in [0.1, 0.15) is 31.0 Å². The number of fused-ring (bicyclic) bond motifs is 1. The predicted octanol–water partition coefficient (Wildman–Crippen LogP) is 3.59. The number of thiazole rings is 1. The minimum Gasteiger partial charge on any atom is -0.463 e.